The first kappa shape index (κ1) is 16.2. The Hall–Kier alpha value is -1.70. The summed E-state index contributed by atoms with van der Waals surface area (Å²) in [6, 6.07) is 12.0. The number of carbonyl (C=O) groups excluding carboxylic acids is 1. The average Bonchev–Trinajstić information content (AvgIpc) is 3.15. The van der Waals surface area contributed by atoms with Gasteiger partial charge in [-0.1, -0.05) is 60.4 Å². The molecule has 0 aliphatic carbocycles. The van der Waals surface area contributed by atoms with Gasteiger partial charge in [-0.25, -0.2) is 0 Å². The van der Waals surface area contributed by atoms with E-state index in [0.717, 1.165) is 26.1 Å². The van der Waals surface area contributed by atoms with Crippen LogP contribution in [0.5, 0.6) is 0 Å². The van der Waals surface area contributed by atoms with Crippen LogP contribution in [0.2, 0.25) is 0 Å². The number of thiophene rings is 1. The molecule has 0 atom stereocenters. The molecule has 1 amide bonds. The van der Waals surface area contributed by atoms with Crippen LogP contribution < -0.4 is 5.32 Å². The smallest absolute Gasteiger partial charge is 0.267 e. The predicted molar refractivity (Wildman–Crippen MR) is 98.8 cm³/mol. The van der Waals surface area contributed by atoms with Crippen molar-refractivity contribution in [3.8, 4) is 10.4 Å². The molecule has 118 valence electrons. The minimum absolute atomic E-state index is 0.135. The number of anilines is 1. The summed E-state index contributed by atoms with van der Waals surface area (Å²) in [4.78, 5) is 14.2. The van der Waals surface area contributed by atoms with Crippen LogP contribution in [0.4, 0.5) is 5.13 Å². The SMILES string of the molecule is CCSc1nnc(NC(=O)c2cc(C)c(-c3ccccc3)s2)s1. The van der Waals surface area contributed by atoms with E-state index in [-0.39, 0.29) is 5.91 Å². The zero-order valence-electron chi connectivity index (χ0n) is 12.7. The molecule has 0 spiro atoms. The Morgan fingerprint density at radius 1 is 1.22 bits per heavy atom. The van der Waals surface area contributed by atoms with Crippen LogP contribution in [-0.4, -0.2) is 21.9 Å². The van der Waals surface area contributed by atoms with Crippen molar-refractivity contribution in [2.24, 2.45) is 0 Å². The lowest BCUT2D eigenvalue weighted by Crippen LogP contribution is -2.09. The van der Waals surface area contributed by atoms with E-state index >= 15 is 0 Å². The van der Waals surface area contributed by atoms with Crippen molar-refractivity contribution in [3.63, 3.8) is 0 Å². The van der Waals surface area contributed by atoms with Gasteiger partial charge in [0.1, 0.15) is 0 Å². The summed E-state index contributed by atoms with van der Waals surface area (Å²) in [5.74, 6) is 0.803. The zero-order valence-corrected chi connectivity index (χ0v) is 15.1. The van der Waals surface area contributed by atoms with Crippen LogP contribution >= 0.6 is 34.4 Å². The fourth-order valence-corrected chi connectivity index (χ4v) is 4.79. The van der Waals surface area contributed by atoms with Gasteiger partial charge >= 0.3 is 0 Å². The quantitative estimate of drug-likeness (QED) is 0.516. The number of nitrogens with one attached hydrogen (secondary N) is 1. The van der Waals surface area contributed by atoms with E-state index in [1.54, 1.807) is 11.8 Å². The highest BCUT2D eigenvalue weighted by atomic mass is 32.2. The van der Waals surface area contributed by atoms with Crippen LogP contribution in [0.15, 0.2) is 40.7 Å². The maximum atomic E-state index is 12.4. The van der Waals surface area contributed by atoms with Gasteiger partial charge in [0.05, 0.1) is 4.88 Å². The Balaban J connectivity index is 1.77. The normalized spacial score (nSPS) is 10.7. The molecule has 0 bridgehead atoms. The second-order valence-electron chi connectivity index (χ2n) is 4.75. The highest BCUT2D eigenvalue weighted by molar-refractivity contribution is 8.01. The largest absolute Gasteiger partial charge is 0.296 e. The highest BCUT2D eigenvalue weighted by Gasteiger charge is 2.15. The van der Waals surface area contributed by atoms with E-state index in [9.17, 15) is 4.79 Å². The van der Waals surface area contributed by atoms with Gasteiger partial charge in [-0.05, 0) is 29.9 Å². The molecular formula is C16H15N3OS3. The van der Waals surface area contributed by atoms with Gasteiger partial charge in [0.15, 0.2) is 4.34 Å². The molecule has 1 aromatic carbocycles. The Morgan fingerprint density at radius 3 is 2.74 bits per heavy atom. The number of rotatable bonds is 5. The third kappa shape index (κ3) is 3.80. The topological polar surface area (TPSA) is 54.9 Å². The zero-order chi connectivity index (χ0) is 16.2. The van der Waals surface area contributed by atoms with E-state index in [2.05, 4.69) is 34.6 Å². The predicted octanol–water partition coefficient (Wildman–Crippen LogP) is 4.94. The minimum Gasteiger partial charge on any atom is -0.296 e. The second kappa shape index (κ2) is 7.25. The number of amides is 1. The van der Waals surface area contributed by atoms with Gasteiger partial charge in [0.2, 0.25) is 5.13 Å². The van der Waals surface area contributed by atoms with Crippen LogP contribution in [-0.2, 0) is 0 Å². The van der Waals surface area contributed by atoms with Gasteiger partial charge < -0.3 is 0 Å². The number of hydrogen-bond acceptors (Lipinski definition) is 6. The van der Waals surface area contributed by atoms with Gasteiger partial charge in [0, 0.05) is 4.88 Å². The van der Waals surface area contributed by atoms with Crippen molar-refractivity contribution < 1.29 is 4.79 Å². The number of aromatic nitrogens is 2. The highest BCUT2D eigenvalue weighted by Crippen LogP contribution is 2.33. The van der Waals surface area contributed by atoms with Crippen molar-refractivity contribution in [2.75, 3.05) is 11.1 Å². The molecule has 0 fully saturated rings. The lowest BCUT2D eigenvalue weighted by Gasteiger charge is -1.98. The molecule has 0 unspecified atom stereocenters. The molecule has 0 radical (unpaired) electrons. The van der Waals surface area contributed by atoms with Crippen molar-refractivity contribution in [2.45, 2.75) is 18.2 Å². The van der Waals surface area contributed by atoms with Gasteiger partial charge in [0.25, 0.3) is 5.91 Å². The molecule has 0 saturated carbocycles. The number of nitrogens with zero attached hydrogens (tertiary/aromatic N) is 2. The maximum absolute atomic E-state index is 12.4. The molecule has 3 rings (SSSR count). The second-order valence-corrected chi connectivity index (χ2v) is 8.29. The summed E-state index contributed by atoms with van der Waals surface area (Å²) in [7, 11) is 0. The van der Waals surface area contributed by atoms with E-state index in [1.165, 1.54) is 22.7 Å². The maximum Gasteiger partial charge on any atom is 0.267 e. The molecule has 7 heteroatoms. The molecule has 1 N–H and O–H groups in total. The number of benzene rings is 1. The van der Waals surface area contributed by atoms with E-state index in [0.29, 0.717) is 10.0 Å². The van der Waals surface area contributed by atoms with E-state index in [4.69, 9.17) is 0 Å². The first-order chi connectivity index (χ1) is 11.2. The summed E-state index contributed by atoms with van der Waals surface area (Å²) in [5, 5.41) is 11.4. The van der Waals surface area contributed by atoms with Crippen LogP contribution in [0.25, 0.3) is 10.4 Å². The standard InChI is InChI=1S/C16H15N3OS3/c1-3-21-16-19-18-15(23-16)17-14(20)12-9-10(2)13(22-12)11-7-5-4-6-8-11/h4-9H,3H2,1-2H3,(H,17,18,20). The van der Waals surface area contributed by atoms with Crippen molar-refractivity contribution >= 4 is 45.5 Å². The Morgan fingerprint density at radius 2 is 2.00 bits per heavy atom. The average molecular weight is 362 g/mol. The summed E-state index contributed by atoms with van der Waals surface area (Å²) in [6.45, 7) is 4.08. The monoisotopic (exact) mass is 361 g/mol. The number of carbonyl (C=O) groups is 1. The number of hydrogen-bond donors (Lipinski definition) is 1. The van der Waals surface area contributed by atoms with E-state index < -0.39 is 0 Å². The summed E-state index contributed by atoms with van der Waals surface area (Å²) < 4.78 is 0.870. The Kier molecular flexibility index (Phi) is 5.09. The van der Waals surface area contributed by atoms with Gasteiger partial charge in [-0.15, -0.1) is 21.5 Å². The summed E-state index contributed by atoms with van der Waals surface area (Å²) in [5.41, 5.74) is 2.23. The molecule has 0 saturated heterocycles. The minimum atomic E-state index is -0.135. The lowest BCUT2D eigenvalue weighted by atomic mass is 10.1. The van der Waals surface area contributed by atoms with Crippen molar-refractivity contribution in [1.29, 1.82) is 0 Å². The van der Waals surface area contributed by atoms with Crippen LogP contribution in [0.1, 0.15) is 22.2 Å². The molecule has 23 heavy (non-hydrogen) atoms. The summed E-state index contributed by atoms with van der Waals surface area (Å²) in [6.07, 6.45) is 0. The Labute approximate surface area is 147 Å². The molecule has 0 aliphatic rings. The Bertz CT molecular complexity index is 811. The van der Waals surface area contributed by atoms with Gasteiger partial charge in [-0.3, -0.25) is 10.1 Å². The number of thioether (sulfide) groups is 1. The third-order valence-corrected chi connectivity index (χ3v) is 6.21. The number of aryl methyl sites for hydroxylation is 1. The molecule has 2 heterocycles. The first-order valence-electron chi connectivity index (χ1n) is 7.11. The van der Waals surface area contributed by atoms with Crippen molar-refractivity contribution in [3.05, 3.63) is 46.8 Å². The van der Waals surface area contributed by atoms with Crippen LogP contribution in [0.3, 0.4) is 0 Å². The molecule has 0 aliphatic heterocycles. The van der Waals surface area contributed by atoms with E-state index in [1.807, 2.05) is 31.2 Å². The molecule has 4 nitrogen and oxygen atoms in total. The third-order valence-electron chi connectivity index (χ3n) is 3.07. The van der Waals surface area contributed by atoms with Crippen molar-refractivity contribution in [1.82, 2.24) is 10.2 Å². The van der Waals surface area contributed by atoms with Crippen LogP contribution in [0, 0.1) is 6.92 Å². The lowest BCUT2D eigenvalue weighted by molar-refractivity contribution is 0.103. The van der Waals surface area contributed by atoms with Gasteiger partial charge in [-0.2, -0.15) is 0 Å². The molecule has 2 aromatic heterocycles. The summed E-state index contributed by atoms with van der Waals surface area (Å²) >= 11 is 4.52. The molecule has 3 aromatic rings. The first-order valence-corrected chi connectivity index (χ1v) is 9.72. The molecular weight excluding hydrogens is 346 g/mol. The fourth-order valence-electron chi connectivity index (χ4n) is 2.07. The fraction of sp³-hybridized carbons (Fsp3) is 0.188.